The van der Waals surface area contributed by atoms with Crippen molar-refractivity contribution in [2.75, 3.05) is 13.2 Å². The van der Waals surface area contributed by atoms with Crippen molar-refractivity contribution in [2.24, 2.45) is 5.41 Å². The highest BCUT2D eigenvalue weighted by Gasteiger charge is 2.32. The first-order valence-corrected chi connectivity index (χ1v) is 8.11. The van der Waals surface area contributed by atoms with Crippen LogP contribution in [-0.2, 0) is 6.42 Å². The van der Waals surface area contributed by atoms with Crippen LogP contribution in [0.2, 0.25) is 0 Å². The van der Waals surface area contributed by atoms with Crippen LogP contribution >= 0.6 is 0 Å². The van der Waals surface area contributed by atoms with Gasteiger partial charge in [-0.25, -0.2) is 0 Å². The summed E-state index contributed by atoms with van der Waals surface area (Å²) in [7, 11) is 0. The second kappa shape index (κ2) is 6.23. The Labute approximate surface area is 121 Å². The number of fused-ring (bicyclic) bond motifs is 1. The van der Waals surface area contributed by atoms with Crippen molar-refractivity contribution in [3.63, 3.8) is 0 Å². The van der Waals surface area contributed by atoms with Gasteiger partial charge in [-0.05, 0) is 43.7 Å². The normalized spacial score (nSPS) is 25.1. The lowest BCUT2D eigenvalue weighted by atomic mass is 9.74. The van der Waals surface area contributed by atoms with Crippen molar-refractivity contribution < 1.29 is 5.11 Å². The molecule has 0 radical (unpaired) electrons. The highest BCUT2D eigenvalue weighted by Crippen LogP contribution is 2.36. The monoisotopic (exact) mass is 274 g/mol. The smallest absolute Gasteiger partial charge is 0.0605 e. The molecule has 0 spiro atoms. The first-order chi connectivity index (χ1) is 9.83. The standard InChI is InChI=1S/C17H26N2O/c20-13-17(9-2-1-3-10-17)12-19-15-8-4-6-14-7-5-11-18-16(14)15/h5,7,11,15,19-20H,1-4,6,8-10,12-13H2. The Morgan fingerprint density at radius 3 is 2.90 bits per heavy atom. The number of nitrogens with zero attached hydrogens (tertiary/aromatic N) is 1. The third-order valence-corrected chi connectivity index (χ3v) is 5.17. The molecule has 0 aliphatic heterocycles. The quantitative estimate of drug-likeness (QED) is 0.887. The van der Waals surface area contributed by atoms with Crippen molar-refractivity contribution in [3.8, 4) is 0 Å². The summed E-state index contributed by atoms with van der Waals surface area (Å²) in [6.07, 6.45) is 11.7. The summed E-state index contributed by atoms with van der Waals surface area (Å²) in [5, 5.41) is 13.5. The number of aryl methyl sites for hydroxylation is 1. The molecule has 110 valence electrons. The maximum absolute atomic E-state index is 9.81. The van der Waals surface area contributed by atoms with E-state index in [1.165, 1.54) is 43.4 Å². The SMILES string of the molecule is OCC1(CNC2CCCc3cccnc32)CCCCC1. The lowest BCUT2D eigenvalue weighted by Crippen LogP contribution is -2.41. The minimum absolute atomic E-state index is 0.116. The van der Waals surface area contributed by atoms with Gasteiger partial charge in [-0.15, -0.1) is 0 Å². The molecule has 1 aromatic rings. The molecule has 1 unspecified atom stereocenters. The Bertz CT molecular complexity index is 440. The van der Waals surface area contributed by atoms with Gasteiger partial charge in [-0.1, -0.05) is 25.3 Å². The molecule has 1 atom stereocenters. The van der Waals surface area contributed by atoms with Crippen LogP contribution in [0.5, 0.6) is 0 Å². The number of aliphatic hydroxyl groups excluding tert-OH is 1. The molecule has 1 aromatic heterocycles. The Kier molecular flexibility index (Phi) is 4.37. The number of hydrogen-bond donors (Lipinski definition) is 2. The summed E-state index contributed by atoms with van der Waals surface area (Å²) in [5.41, 5.74) is 2.76. The fourth-order valence-electron chi connectivity index (χ4n) is 3.84. The average molecular weight is 274 g/mol. The third kappa shape index (κ3) is 2.89. The van der Waals surface area contributed by atoms with Crippen LogP contribution in [0.15, 0.2) is 18.3 Å². The second-order valence-corrected chi connectivity index (χ2v) is 6.59. The lowest BCUT2D eigenvalue weighted by Gasteiger charge is -2.37. The van der Waals surface area contributed by atoms with Gasteiger partial charge in [0.15, 0.2) is 0 Å². The van der Waals surface area contributed by atoms with Crippen molar-refractivity contribution in [3.05, 3.63) is 29.6 Å². The van der Waals surface area contributed by atoms with E-state index >= 15 is 0 Å². The summed E-state index contributed by atoms with van der Waals surface area (Å²) in [4.78, 5) is 4.59. The number of pyridine rings is 1. The van der Waals surface area contributed by atoms with Gasteiger partial charge < -0.3 is 10.4 Å². The summed E-state index contributed by atoms with van der Waals surface area (Å²) < 4.78 is 0. The summed E-state index contributed by atoms with van der Waals surface area (Å²) in [6, 6.07) is 4.63. The van der Waals surface area contributed by atoms with E-state index in [0.29, 0.717) is 12.6 Å². The topological polar surface area (TPSA) is 45.1 Å². The molecule has 20 heavy (non-hydrogen) atoms. The Balaban J connectivity index is 1.66. The lowest BCUT2D eigenvalue weighted by molar-refractivity contribution is 0.0773. The number of rotatable bonds is 4. The minimum atomic E-state index is 0.116. The van der Waals surface area contributed by atoms with Gasteiger partial charge >= 0.3 is 0 Å². The predicted molar refractivity (Wildman–Crippen MR) is 80.5 cm³/mol. The van der Waals surface area contributed by atoms with Gasteiger partial charge in [0.05, 0.1) is 5.69 Å². The third-order valence-electron chi connectivity index (χ3n) is 5.17. The van der Waals surface area contributed by atoms with Crippen LogP contribution in [0.1, 0.15) is 62.2 Å². The van der Waals surface area contributed by atoms with E-state index in [1.807, 2.05) is 12.3 Å². The zero-order valence-electron chi connectivity index (χ0n) is 12.3. The van der Waals surface area contributed by atoms with E-state index < -0.39 is 0 Å². The van der Waals surface area contributed by atoms with Crippen LogP contribution in [0, 0.1) is 5.41 Å². The van der Waals surface area contributed by atoms with Crippen molar-refractivity contribution in [1.82, 2.24) is 10.3 Å². The molecule has 3 nitrogen and oxygen atoms in total. The van der Waals surface area contributed by atoms with E-state index in [2.05, 4.69) is 16.4 Å². The van der Waals surface area contributed by atoms with Gasteiger partial charge in [0.1, 0.15) is 0 Å². The van der Waals surface area contributed by atoms with Crippen LogP contribution in [-0.4, -0.2) is 23.2 Å². The molecule has 0 amide bonds. The molecule has 0 aromatic carbocycles. The van der Waals surface area contributed by atoms with Crippen LogP contribution in [0.3, 0.4) is 0 Å². The maximum atomic E-state index is 9.81. The number of hydrogen-bond acceptors (Lipinski definition) is 3. The van der Waals surface area contributed by atoms with E-state index in [4.69, 9.17) is 0 Å². The van der Waals surface area contributed by atoms with Gasteiger partial charge in [0, 0.05) is 30.8 Å². The molecule has 0 bridgehead atoms. The fourth-order valence-corrected chi connectivity index (χ4v) is 3.84. The molecular weight excluding hydrogens is 248 g/mol. The van der Waals surface area contributed by atoms with Gasteiger partial charge in [-0.3, -0.25) is 4.98 Å². The van der Waals surface area contributed by atoms with E-state index in [0.717, 1.165) is 25.8 Å². The summed E-state index contributed by atoms with van der Waals surface area (Å²) >= 11 is 0. The van der Waals surface area contributed by atoms with E-state index in [9.17, 15) is 5.11 Å². The van der Waals surface area contributed by atoms with Crippen molar-refractivity contribution in [2.45, 2.75) is 57.4 Å². The molecule has 1 saturated carbocycles. The molecule has 2 N–H and O–H groups in total. The van der Waals surface area contributed by atoms with E-state index in [1.54, 1.807) is 0 Å². The number of nitrogens with one attached hydrogen (secondary N) is 1. The highest BCUT2D eigenvalue weighted by molar-refractivity contribution is 5.25. The highest BCUT2D eigenvalue weighted by atomic mass is 16.3. The first-order valence-electron chi connectivity index (χ1n) is 8.11. The Hall–Kier alpha value is -0.930. The molecule has 2 aliphatic carbocycles. The molecular formula is C17H26N2O. The van der Waals surface area contributed by atoms with Crippen molar-refractivity contribution >= 4 is 0 Å². The zero-order valence-corrected chi connectivity index (χ0v) is 12.3. The van der Waals surface area contributed by atoms with Crippen molar-refractivity contribution in [1.29, 1.82) is 0 Å². The minimum Gasteiger partial charge on any atom is -0.396 e. The fraction of sp³-hybridized carbons (Fsp3) is 0.706. The van der Waals surface area contributed by atoms with Crippen LogP contribution < -0.4 is 5.32 Å². The first kappa shape index (κ1) is 14.0. The Morgan fingerprint density at radius 1 is 1.25 bits per heavy atom. The maximum Gasteiger partial charge on any atom is 0.0605 e. The molecule has 1 heterocycles. The predicted octanol–water partition coefficient (Wildman–Crippen LogP) is 2.99. The summed E-state index contributed by atoms with van der Waals surface area (Å²) in [5.74, 6) is 0. The summed E-state index contributed by atoms with van der Waals surface area (Å²) in [6.45, 7) is 1.26. The van der Waals surface area contributed by atoms with Gasteiger partial charge in [0.25, 0.3) is 0 Å². The number of aliphatic hydroxyl groups is 1. The molecule has 3 heteroatoms. The molecule has 3 rings (SSSR count). The second-order valence-electron chi connectivity index (χ2n) is 6.59. The average Bonchev–Trinajstić information content (AvgIpc) is 2.54. The molecule has 1 fully saturated rings. The number of aromatic nitrogens is 1. The van der Waals surface area contributed by atoms with Gasteiger partial charge in [-0.2, -0.15) is 0 Å². The largest absolute Gasteiger partial charge is 0.396 e. The molecule has 2 aliphatic rings. The van der Waals surface area contributed by atoms with Crippen LogP contribution in [0.4, 0.5) is 0 Å². The zero-order chi connectivity index (χ0) is 13.8. The Morgan fingerprint density at radius 2 is 2.10 bits per heavy atom. The van der Waals surface area contributed by atoms with E-state index in [-0.39, 0.29) is 5.41 Å². The van der Waals surface area contributed by atoms with Crippen LogP contribution in [0.25, 0.3) is 0 Å². The van der Waals surface area contributed by atoms with Gasteiger partial charge in [0.2, 0.25) is 0 Å². The molecule has 0 saturated heterocycles.